The van der Waals surface area contributed by atoms with Crippen molar-refractivity contribution in [3.05, 3.63) is 34.8 Å². The Hall–Kier alpha value is -2.04. The summed E-state index contributed by atoms with van der Waals surface area (Å²) >= 11 is 1.40. The number of likely N-dealkylation sites (N-methyl/N-ethyl adjacent to an activating group) is 1. The third-order valence-electron chi connectivity index (χ3n) is 5.07. The summed E-state index contributed by atoms with van der Waals surface area (Å²) in [6.07, 6.45) is 1.53. The van der Waals surface area contributed by atoms with E-state index in [-0.39, 0.29) is 12.2 Å². The van der Waals surface area contributed by atoms with Crippen molar-refractivity contribution in [2.24, 2.45) is 0 Å². The third kappa shape index (κ3) is 3.40. The van der Waals surface area contributed by atoms with Crippen molar-refractivity contribution in [2.75, 3.05) is 40.0 Å². The van der Waals surface area contributed by atoms with Crippen LogP contribution in [0.2, 0.25) is 0 Å². The van der Waals surface area contributed by atoms with E-state index in [1.165, 1.54) is 16.9 Å². The van der Waals surface area contributed by atoms with E-state index in [0.29, 0.717) is 30.7 Å². The minimum absolute atomic E-state index is 0.0497. The molecule has 0 radical (unpaired) electrons. The maximum atomic E-state index is 12.7. The molecule has 1 aromatic carbocycles. The van der Waals surface area contributed by atoms with Crippen LogP contribution in [-0.4, -0.2) is 72.5 Å². The summed E-state index contributed by atoms with van der Waals surface area (Å²) in [6, 6.07) is 6.72. The molecule has 2 fully saturated rings. The number of thiazole rings is 1. The Labute approximate surface area is 166 Å². The number of fused-ring (bicyclic) bond motifs is 3. The number of nitrogens with zero attached hydrogens (tertiary/aromatic N) is 3. The van der Waals surface area contributed by atoms with Crippen LogP contribution in [0.3, 0.4) is 0 Å². The van der Waals surface area contributed by atoms with Crippen LogP contribution in [0.15, 0.2) is 24.4 Å². The molecule has 0 atom stereocenters. The standard InChI is InChI=1S/C19H22N4O4S/c1-22(9-17-26-4-5-27-17)18(24)16-8-23-15-3-2-12(7-20-13-10-25-11-13)6-14(15)21-19(23)28-16/h2-3,6,8,13,17,20H,4-5,7,9-11H2,1H3. The highest BCUT2D eigenvalue weighted by molar-refractivity contribution is 7.18. The Balaban J connectivity index is 1.33. The van der Waals surface area contributed by atoms with Crippen molar-refractivity contribution in [3.8, 4) is 0 Å². The summed E-state index contributed by atoms with van der Waals surface area (Å²) in [6.45, 7) is 3.95. The second kappa shape index (κ2) is 7.41. The number of rotatable bonds is 6. The molecule has 0 unspecified atom stereocenters. The predicted octanol–water partition coefficient (Wildman–Crippen LogP) is 1.48. The molecule has 0 saturated carbocycles. The molecule has 0 aliphatic carbocycles. The number of amides is 1. The minimum atomic E-state index is -0.336. The van der Waals surface area contributed by atoms with Crippen LogP contribution in [0.5, 0.6) is 0 Å². The lowest BCUT2D eigenvalue weighted by Gasteiger charge is -2.26. The molecule has 2 aliphatic rings. The van der Waals surface area contributed by atoms with Gasteiger partial charge >= 0.3 is 0 Å². The van der Waals surface area contributed by atoms with E-state index in [4.69, 9.17) is 19.2 Å². The highest BCUT2D eigenvalue weighted by Crippen LogP contribution is 2.25. The molecule has 3 aromatic rings. The number of hydrogen-bond donors (Lipinski definition) is 1. The summed E-state index contributed by atoms with van der Waals surface area (Å²) < 4.78 is 18.0. The first-order valence-corrected chi connectivity index (χ1v) is 10.2. The maximum absolute atomic E-state index is 12.7. The SMILES string of the molecule is CN(CC1OCCO1)C(=O)c1cn2c(nc3cc(CNC4COC4)ccc32)s1. The molecule has 148 valence electrons. The zero-order valence-corrected chi connectivity index (χ0v) is 16.4. The van der Waals surface area contributed by atoms with E-state index in [1.54, 1.807) is 11.9 Å². The van der Waals surface area contributed by atoms with Gasteiger partial charge in [-0.25, -0.2) is 4.98 Å². The molecular weight excluding hydrogens is 380 g/mol. The Bertz CT molecular complexity index is 1010. The highest BCUT2D eigenvalue weighted by atomic mass is 32.1. The molecule has 2 saturated heterocycles. The topological polar surface area (TPSA) is 77.3 Å². The van der Waals surface area contributed by atoms with Gasteiger partial charge in [0.2, 0.25) is 0 Å². The molecule has 28 heavy (non-hydrogen) atoms. The highest BCUT2D eigenvalue weighted by Gasteiger charge is 2.23. The number of ether oxygens (including phenoxy) is 3. The van der Waals surface area contributed by atoms with Gasteiger partial charge in [0.1, 0.15) is 4.88 Å². The van der Waals surface area contributed by atoms with Gasteiger partial charge in [0.15, 0.2) is 11.3 Å². The minimum Gasteiger partial charge on any atom is -0.378 e. The lowest BCUT2D eigenvalue weighted by atomic mass is 10.1. The lowest BCUT2D eigenvalue weighted by Crippen LogP contribution is -2.45. The largest absolute Gasteiger partial charge is 0.378 e. The van der Waals surface area contributed by atoms with Gasteiger partial charge < -0.3 is 24.4 Å². The van der Waals surface area contributed by atoms with Crippen molar-refractivity contribution in [2.45, 2.75) is 18.9 Å². The van der Waals surface area contributed by atoms with E-state index in [2.05, 4.69) is 23.5 Å². The number of benzene rings is 1. The Morgan fingerprint density at radius 3 is 2.93 bits per heavy atom. The second-order valence-electron chi connectivity index (χ2n) is 7.15. The fourth-order valence-electron chi connectivity index (χ4n) is 3.39. The molecule has 2 aliphatic heterocycles. The number of aromatic nitrogens is 2. The molecule has 9 heteroatoms. The summed E-state index contributed by atoms with van der Waals surface area (Å²) in [7, 11) is 1.76. The lowest BCUT2D eigenvalue weighted by molar-refractivity contribution is -0.0542. The molecule has 2 aromatic heterocycles. The molecule has 0 spiro atoms. The van der Waals surface area contributed by atoms with Gasteiger partial charge in [0.05, 0.1) is 50.0 Å². The normalized spacial score (nSPS) is 18.2. The molecule has 1 amide bonds. The zero-order chi connectivity index (χ0) is 19.1. The molecule has 1 N–H and O–H groups in total. The Kier molecular flexibility index (Phi) is 4.77. The van der Waals surface area contributed by atoms with Gasteiger partial charge in [-0.05, 0) is 17.7 Å². The number of nitrogens with one attached hydrogen (secondary N) is 1. The fraction of sp³-hybridized carbons (Fsp3) is 0.474. The van der Waals surface area contributed by atoms with Gasteiger partial charge in [-0.2, -0.15) is 0 Å². The smallest absolute Gasteiger partial charge is 0.265 e. The van der Waals surface area contributed by atoms with Gasteiger partial charge in [-0.3, -0.25) is 9.20 Å². The van der Waals surface area contributed by atoms with Crippen LogP contribution in [-0.2, 0) is 20.8 Å². The average molecular weight is 402 g/mol. The van der Waals surface area contributed by atoms with Crippen LogP contribution in [0, 0.1) is 0 Å². The summed E-state index contributed by atoms with van der Waals surface area (Å²) in [4.78, 5) is 20.6. The van der Waals surface area contributed by atoms with Crippen molar-refractivity contribution in [1.82, 2.24) is 19.6 Å². The van der Waals surface area contributed by atoms with Crippen LogP contribution in [0.1, 0.15) is 15.2 Å². The molecule has 5 rings (SSSR count). The Morgan fingerprint density at radius 1 is 1.36 bits per heavy atom. The predicted molar refractivity (Wildman–Crippen MR) is 105 cm³/mol. The number of carbonyl (C=O) groups is 1. The fourth-order valence-corrected chi connectivity index (χ4v) is 4.38. The quantitative estimate of drug-likeness (QED) is 0.673. The van der Waals surface area contributed by atoms with Gasteiger partial charge in [0.25, 0.3) is 5.91 Å². The first-order chi connectivity index (χ1) is 13.7. The van der Waals surface area contributed by atoms with E-state index in [9.17, 15) is 4.79 Å². The second-order valence-corrected chi connectivity index (χ2v) is 8.16. The van der Waals surface area contributed by atoms with Crippen LogP contribution >= 0.6 is 11.3 Å². The summed E-state index contributed by atoms with van der Waals surface area (Å²) in [5.74, 6) is -0.0497. The van der Waals surface area contributed by atoms with E-state index < -0.39 is 0 Å². The monoisotopic (exact) mass is 402 g/mol. The van der Waals surface area contributed by atoms with E-state index in [0.717, 1.165) is 35.8 Å². The molecule has 8 nitrogen and oxygen atoms in total. The van der Waals surface area contributed by atoms with Gasteiger partial charge in [0, 0.05) is 19.8 Å². The Morgan fingerprint density at radius 2 is 2.18 bits per heavy atom. The number of hydrogen-bond acceptors (Lipinski definition) is 7. The van der Waals surface area contributed by atoms with E-state index >= 15 is 0 Å². The number of imidazole rings is 1. The molecule has 4 heterocycles. The zero-order valence-electron chi connectivity index (χ0n) is 15.6. The summed E-state index contributed by atoms with van der Waals surface area (Å²) in [5, 5.41) is 3.47. The van der Waals surface area contributed by atoms with Crippen LogP contribution < -0.4 is 5.32 Å². The molecular formula is C19H22N4O4S. The third-order valence-corrected chi connectivity index (χ3v) is 6.04. The van der Waals surface area contributed by atoms with Crippen LogP contribution in [0.4, 0.5) is 0 Å². The molecule has 0 bridgehead atoms. The summed E-state index contributed by atoms with van der Waals surface area (Å²) in [5.41, 5.74) is 3.14. The first kappa shape index (κ1) is 18.0. The van der Waals surface area contributed by atoms with Crippen molar-refractivity contribution < 1.29 is 19.0 Å². The van der Waals surface area contributed by atoms with Gasteiger partial charge in [-0.15, -0.1) is 0 Å². The van der Waals surface area contributed by atoms with Gasteiger partial charge in [-0.1, -0.05) is 17.4 Å². The van der Waals surface area contributed by atoms with Crippen molar-refractivity contribution in [1.29, 1.82) is 0 Å². The van der Waals surface area contributed by atoms with Crippen LogP contribution in [0.25, 0.3) is 16.0 Å². The van der Waals surface area contributed by atoms with Crippen molar-refractivity contribution >= 4 is 33.2 Å². The van der Waals surface area contributed by atoms with Crippen molar-refractivity contribution in [3.63, 3.8) is 0 Å². The van der Waals surface area contributed by atoms with E-state index in [1.807, 2.05) is 10.6 Å². The maximum Gasteiger partial charge on any atom is 0.265 e. The number of carbonyl (C=O) groups excluding carboxylic acids is 1. The first-order valence-electron chi connectivity index (χ1n) is 9.38. The average Bonchev–Trinajstić information content (AvgIpc) is 3.35.